The number of rotatable bonds is 4. The van der Waals surface area contributed by atoms with Crippen molar-refractivity contribution in [2.75, 3.05) is 19.6 Å². The maximum Gasteiger partial charge on any atom is 0.408 e. The molecular weight excluding hydrogens is 338 g/mol. The molecule has 136 valence electrons. The lowest BCUT2D eigenvalue weighted by Gasteiger charge is -2.33. The number of piperidine rings is 1. The van der Waals surface area contributed by atoms with E-state index in [-0.39, 0.29) is 17.2 Å². The number of hydrogen-bond acceptors (Lipinski definition) is 4. The van der Waals surface area contributed by atoms with E-state index >= 15 is 0 Å². The topological polar surface area (TPSA) is 72.9 Å². The molecule has 2 amide bonds. The number of hydrogen-bond donors (Lipinski definition) is 3. The highest BCUT2D eigenvalue weighted by Gasteiger charge is 2.39. The molecule has 1 aromatic carbocycles. The second kappa shape index (κ2) is 8.10. The summed E-state index contributed by atoms with van der Waals surface area (Å²) >= 11 is 4.33. The highest BCUT2D eigenvalue weighted by molar-refractivity contribution is 7.81. The maximum absolute atomic E-state index is 12.5. The fraction of sp³-hybridized carbons (Fsp3) is 0.556. The Morgan fingerprint density at radius 2 is 1.88 bits per heavy atom. The molecule has 25 heavy (non-hydrogen) atoms. The van der Waals surface area contributed by atoms with Crippen molar-refractivity contribution in [3.63, 3.8) is 0 Å². The van der Waals surface area contributed by atoms with Gasteiger partial charge < -0.3 is 10.4 Å². The number of likely N-dealkylation sites (tertiary alicyclic amines) is 2. The molecule has 0 aliphatic carbocycles. The fourth-order valence-corrected chi connectivity index (χ4v) is 4.02. The molecule has 0 unspecified atom stereocenters. The molecule has 0 spiro atoms. The Bertz CT molecular complexity index is 605. The van der Waals surface area contributed by atoms with E-state index in [0.717, 1.165) is 32.5 Å². The zero-order valence-corrected chi connectivity index (χ0v) is 15.1. The zero-order valence-electron chi connectivity index (χ0n) is 14.2. The number of carbonyl (C=O) groups is 2. The minimum Gasteiger partial charge on any atom is -0.465 e. The van der Waals surface area contributed by atoms with Gasteiger partial charge in [0, 0.05) is 37.5 Å². The predicted octanol–water partition coefficient (Wildman–Crippen LogP) is 1.82. The Labute approximate surface area is 153 Å². The van der Waals surface area contributed by atoms with Gasteiger partial charge in [-0.05, 0) is 24.8 Å². The van der Waals surface area contributed by atoms with Gasteiger partial charge in [-0.15, -0.1) is 0 Å². The molecule has 3 rings (SSSR count). The predicted molar refractivity (Wildman–Crippen MR) is 98.8 cm³/mol. The van der Waals surface area contributed by atoms with Crippen LogP contribution in [0.25, 0.3) is 0 Å². The SMILES string of the molecule is O=C(NC1CCN(Cc2ccccc2)CC1)[C@@H]1C[C@@H](S)CN1C(=O)O. The van der Waals surface area contributed by atoms with E-state index < -0.39 is 12.1 Å². The highest BCUT2D eigenvalue weighted by atomic mass is 32.1. The average molecular weight is 363 g/mol. The van der Waals surface area contributed by atoms with Gasteiger partial charge in [-0.2, -0.15) is 12.6 Å². The van der Waals surface area contributed by atoms with Crippen molar-refractivity contribution < 1.29 is 14.7 Å². The van der Waals surface area contributed by atoms with Crippen molar-refractivity contribution in [2.45, 2.75) is 43.1 Å². The summed E-state index contributed by atoms with van der Waals surface area (Å²) in [6.07, 6.45) is 1.22. The van der Waals surface area contributed by atoms with E-state index in [2.05, 4.69) is 35.0 Å². The first kappa shape index (κ1) is 18.1. The van der Waals surface area contributed by atoms with Gasteiger partial charge in [0.2, 0.25) is 5.91 Å². The lowest BCUT2D eigenvalue weighted by molar-refractivity contribution is -0.126. The monoisotopic (exact) mass is 363 g/mol. The van der Waals surface area contributed by atoms with Crippen molar-refractivity contribution in [3.05, 3.63) is 35.9 Å². The average Bonchev–Trinajstić information content (AvgIpc) is 3.00. The molecule has 0 aromatic heterocycles. The molecule has 2 aliphatic heterocycles. The molecule has 2 fully saturated rings. The van der Waals surface area contributed by atoms with Crippen molar-refractivity contribution in [1.82, 2.24) is 15.1 Å². The van der Waals surface area contributed by atoms with E-state index in [1.54, 1.807) is 0 Å². The molecule has 2 atom stereocenters. The summed E-state index contributed by atoms with van der Waals surface area (Å²) in [5.74, 6) is -0.180. The number of thiol groups is 1. The van der Waals surface area contributed by atoms with Crippen molar-refractivity contribution in [1.29, 1.82) is 0 Å². The van der Waals surface area contributed by atoms with Crippen LogP contribution in [0.15, 0.2) is 30.3 Å². The second-order valence-corrected chi connectivity index (χ2v) is 7.62. The first-order chi connectivity index (χ1) is 12.0. The van der Waals surface area contributed by atoms with Gasteiger partial charge >= 0.3 is 6.09 Å². The minimum absolute atomic E-state index is 0.0698. The van der Waals surface area contributed by atoms with Gasteiger partial charge in [-0.1, -0.05) is 30.3 Å². The Hall–Kier alpha value is -1.73. The normalized spacial score (nSPS) is 25.1. The van der Waals surface area contributed by atoms with Gasteiger partial charge in [0.05, 0.1) is 0 Å². The number of amides is 2. The summed E-state index contributed by atoms with van der Waals surface area (Å²) < 4.78 is 0. The molecule has 2 N–H and O–H groups in total. The summed E-state index contributed by atoms with van der Waals surface area (Å²) in [5, 5.41) is 12.2. The highest BCUT2D eigenvalue weighted by Crippen LogP contribution is 2.23. The van der Waals surface area contributed by atoms with Gasteiger partial charge in [-0.25, -0.2) is 4.79 Å². The summed E-state index contributed by atoms with van der Waals surface area (Å²) in [6.45, 7) is 3.11. The molecule has 0 radical (unpaired) electrons. The summed E-state index contributed by atoms with van der Waals surface area (Å²) in [5.41, 5.74) is 1.30. The molecule has 2 saturated heterocycles. The summed E-state index contributed by atoms with van der Waals surface area (Å²) in [4.78, 5) is 27.4. The standard InChI is InChI=1S/C18H25N3O3S/c22-17(16-10-15(25)12-21(16)18(23)24)19-14-6-8-20(9-7-14)11-13-4-2-1-3-5-13/h1-5,14-16,25H,6-12H2,(H,19,22)(H,23,24)/t15-,16+/m1/s1. The van der Waals surface area contributed by atoms with Gasteiger partial charge in [-0.3, -0.25) is 14.6 Å². The van der Waals surface area contributed by atoms with E-state index in [4.69, 9.17) is 0 Å². The maximum atomic E-state index is 12.5. The Kier molecular flexibility index (Phi) is 5.86. The van der Waals surface area contributed by atoms with Crippen LogP contribution in [0.3, 0.4) is 0 Å². The molecular formula is C18H25N3O3S. The molecule has 0 saturated carbocycles. The van der Waals surface area contributed by atoms with Crippen molar-refractivity contribution >= 4 is 24.6 Å². The zero-order chi connectivity index (χ0) is 17.8. The Morgan fingerprint density at radius 3 is 2.52 bits per heavy atom. The minimum atomic E-state index is -1.05. The van der Waals surface area contributed by atoms with Crippen LogP contribution in [0.1, 0.15) is 24.8 Å². The molecule has 1 aromatic rings. The fourth-order valence-electron chi connectivity index (χ4n) is 3.65. The third-order valence-corrected chi connectivity index (χ3v) is 5.38. The van der Waals surface area contributed by atoms with E-state index in [1.165, 1.54) is 10.5 Å². The first-order valence-electron chi connectivity index (χ1n) is 8.77. The number of nitrogens with one attached hydrogen (secondary N) is 1. The summed E-state index contributed by atoms with van der Waals surface area (Å²) in [6, 6.07) is 9.88. The number of benzene rings is 1. The van der Waals surface area contributed by atoms with Crippen LogP contribution in [-0.4, -0.2) is 63.9 Å². The lowest BCUT2D eigenvalue weighted by atomic mass is 10.0. The van der Waals surface area contributed by atoms with Gasteiger partial charge in [0.25, 0.3) is 0 Å². The van der Waals surface area contributed by atoms with Crippen LogP contribution >= 0.6 is 12.6 Å². The molecule has 2 aliphatic rings. The van der Waals surface area contributed by atoms with E-state index in [1.807, 2.05) is 18.2 Å². The third kappa shape index (κ3) is 4.67. The second-order valence-electron chi connectivity index (χ2n) is 6.88. The van der Waals surface area contributed by atoms with Crippen molar-refractivity contribution in [3.8, 4) is 0 Å². The smallest absolute Gasteiger partial charge is 0.408 e. The molecule has 7 heteroatoms. The number of nitrogens with zero attached hydrogens (tertiary/aromatic N) is 2. The molecule has 6 nitrogen and oxygen atoms in total. The van der Waals surface area contributed by atoms with Gasteiger partial charge in [0.1, 0.15) is 6.04 Å². The first-order valence-corrected chi connectivity index (χ1v) is 9.29. The number of carbonyl (C=O) groups excluding carboxylic acids is 1. The van der Waals surface area contributed by atoms with Crippen LogP contribution < -0.4 is 5.32 Å². The molecule has 0 bridgehead atoms. The largest absolute Gasteiger partial charge is 0.465 e. The van der Waals surface area contributed by atoms with Crippen LogP contribution in [0.2, 0.25) is 0 Å². The lowest BCUT2D eigenvalue weighted by Crippen LogP contribution is -2.51. The van der Waals surface area contributed by atoms with E-state index in [9.17, 15) is 14.7 Å². The Morgan fingerprint density at radius 1 is 1.20 bits per heavy atom. The van der Waals surface area contributed by atoms with Gasteiger partial charge in [0.15, 0.2) is 0 Å². The van der Waals surface area contributed by atoms with Crippen LogP contribution in [0.4, 0.5) is 4.79 Å². The van der Waals surface area contributed by atoms with Crippen molar-refractivity contribution in [2.24, 2.45) is 0 Å². The van der Waals surface area contributed by atoms with Crippen LogP contribution in [0, 0.1) is 0 Å². The Balaban J connectivity index is 1.47. The van der Waals surface area contributed by atoms with Crippen LogP contribution in [0.5, 0.6) is 0 Å². The van der Waals surface area contributed by atoms with E-state index in [0.29, 0.717) is 13.0 Å². The van der Waals surface area contributed by atoms with Crippen LogP contribution in [-0.2, 0) is 11.3 Å². The number of carboxylic acid groups (broad SMARTS) is 1. The third-order valence-electron chi connectivity index (χ3n) is 5.01. The quantitative estimate of drug-likeness (QED) is 0.714. The molecule has 2 heterocycles. The summed E-state index contributed by atoms with van der Waals surface area (Å²) in [7, 11) is 0.